The summed E-state index contributed by atoms with van der Waals surface area (Å²) in [4.78, 5) is 4.33. The summed E-state index contributed by atoms with van der Waals surface area (Å²) < 4.78 is 11.3. The van der Waals surface area contributed by atoms with Gasteiger partial charge in [-0.25, -0.2) is 0 Å². The minimum absolute atomic E-state index is 0.601. The second-order valence-corrected chi connectivity index (χ2v) is 7.27. The normalized spacial score (nSPS) is 11.3. The van der Waals surface area contributed by atoms with E-state index >= 15 is 0 Å². The molecule has 146 valence electrons. The third-order valence-corrected chi connectivity index (χ3v) is 4.48. The fraction of sp³-hybridized carbons (Fsp3) is 0.273. The number of nitrogens with zero attached hydrogens (tertiary/aromatic N) is 2. The SMILES string of the molecule is COc1cc(C=NNc2ccnc3cc(Cl)ccc23)ccc1OCCC(C)C. The number of pyridine rings is 1. The molecule has 0 aliphatic carbocycles. The largest absolute Gasteiger partial charge is 0.493 e. The van der Waals surface area contributed by atoms with Gasteiger partial charge in [0.2, 0.25) is 0 Å². The number of nitrogens with one attached hydrogen (secondary N) is 1. The van der Waals surface area contributed by atoms with Crippen LogP contribution in [0, 0.1) is 5.92 Å². The van der Waals surface area contributed by atoms with Gasteiger partial charge in [0.15, 0.2) is 11.5 Å². The maximum atomic E-state index is 6.03. The molecule has 1 N–H and O–H groups in total. The number of hydrogen-bond donors (Lipinski definition) is 1. The molecule has 0 spiro atoms. The molecule has 1 heterocycles. The fourth-order valence-corrected chi connectivity index (χ4v) is 2.85. The summed E-state index contributed by atoms with van der Waals surface area (Å²) in [5.74, 6) is 2.03. The predicted molar refractivity (Wildman–Crippen MR) is 116 cm³/mol. The summed E-state index contributed by atoms with van der Waals surface area (Å²) in [6.45, 7) is 5.02. The Hall–Kier alpha value is -2.79. The molecule has 3 rings (SSSR count). The molecule has 0 bridgehead atoms. The number of hydrazone groups is 1. The van der Waals surface area contributed by atoms with E-state index in [0.717, 1.165) is 34.3 Å². The van der Waals surface area contributed by atoms with Crippen LogP contribution in [0.15, 0.2) is 53.8 Å². The van der Waals surface area contributed by atoms with Gasteiger partial charge in [-0.1, -0.05) is 25.4 Å². The van der Waals surface area contributed by atoms with Crippen molar-refractivity contribution in [3.05, 3.63) is 59.2 Å². The number of ether oxygens (including phenoxy) is 2. The minimum atomic E-state index is 0.601. The summed E-state index contributed by atoms with van der Waals surface area (Å²) in [7, 11) is 1.64. The van der Waals surface area contributed by atoms with Crippen molar-refractivity contribution < 1.29 is 9.47 Å². The van der Waals surface area contributed by atoms with Crippen LogP contribution < -0.4 is 14.9 Å². The van der Waals surface area contributed by atoms with E-state index in [0.29, 0.717) is 23.3 Å². The number of halogens is 1. The first kappa shape index (κ1) is 20.0. The summed E-state index contributed by atoms with van der Waals surface area (Å²) in [6.07, 6.45) is 4.47. The van der Waals surface area contributed by atoms with Gasteiger partial charge in [0.05, 0.1) is 31.1 Å². The third kappa shape index (κ3) is 5.14. The molecule has 2 aromatic carbocycles. The van der Waals surface area contributed by atoms with Crippen molar-refractivity contribution in [1.29, 1.82) is 0 Å². The lowest BCUT2D eigenvalue weighted by Crippen LogP contribution is -2.03. The molecule has 5 nitrogen and oxygen atoms in total. The van der Waals surface area contributed by atoms with E-state index in [1.165, 1.54) is 0 Å². The van der Waals surface area contributed by atoms with Crippen LogP contribution in [0.5, 0.6) is 11.5 Å². The highest BCUT2D eigenvalue weighted by Crippen LogP contribution is 2.28. The van der Waals surface area contributed by atoms with Crippen LogP contribution in [0.1, 0.15) is 25.8 Å². The van der Waals surface area contributed by atoms with E-state index in [1.807, 2.05) is 42.5 Å². The van der Waals surface area contributed by atoms with E-state index in [-0.39, 0.29) is 0 Å². The highest BCUT2D eigenvalue weighted by Gasteiger charge is 2.06. The highest BCUT2D eigenvalue weighted by molar-refractivity contribution is 6.31. The number of anilines is 1. The Kier molecular flexibility index (Phi) is 6.71. The minimum Gasteiger partial charge on any atom is -0.493 e. The molecule has 3 aromatic rings. The smallest absolute Gasteiger partial charge is 0.161 e. The Bertz CT molecular complexity index is 973. The number of hydrogen-bond acceptors (Lipinski definition) is 5. The molecule has 0 radical (unpaired) electrons. The molecule has 0 atom stereocenters. The summed E-state index contributed by atoms with van der Waals surface area (Å²) in [6, 6.07) is 13.2. The quantitative estimate of drug-likeness (QED) is 0.387. The van der Waals surface area contributed by atoms with Gasteiger partial charge < -0.3 is 9.47 Å². The Morgan fingerprint density at radius 2 is 2.00 bits per heavy atom. The second kappa shape index (κ2) is 9.42. The van der Waals surface area contributed by atoms with Crippen molar-refractivity contribution in [2.75, 3.05) is 19.1 Å². The van der Waals surface area contributed by atoms with Crippen LogP contribution >= 0.6 is 11.6 Å². The average molecular weight is 398 g/mol. The van der Waals surface area contributed by atoms with Gasteiger partial charge in [-0.15, -0.1) is 0 Å². The van der Waals surface area contributed by atoms with Crippen molar-refractivity contribution >= 4 is 34.4 Å². The van der Waals surface area contributed by atoms with Crippen LogP contribution in [0.25, 0.3) is 10.9 Å². The lowest BCUT2D eigenvalue weighted by molar-refractivity contribution is 0.273. The molecule has 1 aromatic heterocycles. The number of fused-ring (bicyclic) bond motifs is 1. The zero-order chi connectivity index (χ0) is 19.9. The van der Waals surface area contributed by atoms with Gasteiger partial charge >= 0.3 is 0 Å². The van der Waals surface area contributed by atoms with Crippen LogP contribution in [0.2, 0.25) is 5.02 Å². The van der Waals surface area contributed by atoms with Crippen molar-refractivity contribution in [1.82, 2.24) is 4.98 Å². The van der Waals surface area contributed by atoms with Crippen LogP contribution in [0.4, 0.5) is 5.69 Å². The van der Waals surface area contributed by atoms with Crippen LogP contribution in [-0.4, -0.2) is 24.9 Å². The van der Waals surface area contributed by atoms with E-state index in [9.17, 15) is 0 Å². The first-order valence-electron chi connectivity index (χ1n) is 9.21. The zero-order valence-corrected chi connectivity index (χ0v) is 17.0. The third-order valence-electron chi connectivity index (χ3n) is 4.24. The Morgan fingerprint density at radius 1 is 1.14 bits per heavy atom. The number of benzene rings is 2. The highest BCUT2D eigenvalue weighted by atomic mass is 35.5. The monoisotopic (exact) mass is 397 g/mol. The van der Waals surface area contributed by atoms with E-state index in [2.05, 4.69) is 29.4 Å². The Balaban J connectivity index is 1.71. The molecule has 0 aliphatic heterocycles. The molecule has 28 heavy (non-hydrogen) atoms. The van der Waals surface area contributed by atoms with E-state index in [4.69, 9.17) is 21.1 Å². The zero-order valence-electron chi connectivity index (χ0n) is 16.3. The lowest BCUT2D eigenvalue weighted by atomic mass is 10.1. The van der Waals surface area contributed by atoms with Gasteiger partial charge in [0, 0.05) is 16.6 Å². The molecular weight excluding hydrogens is 374 g/mol. The molecule has 0 saturated carbocycles. The number of aromatic nitrogens is 1. The number of rotatable bonds is 8. The van der Waals surface area contributed by atoms with Gasteiger partial charge in [-0.05, 0) is 60.4 Å². The van der Waals surface area contributed by atoms with Crippen LogP contribution in [-0.2, 0) is 0 Å². The summed E-state index contributed by atoms with van der Waals surface area (Å²) in [5, 5.41) is 5.95. The molecule has 0 fully saturated rings. The first-order valence-corrected chi connectivity index (χ1v) is 9.59. The van der Waals surface area contributed by atoms with Gasteiger partial charge in [0.1, 0.15) is 0 Å². The molecule has 0 amide bonds. The predicted octanol–water partition coefficient (Wildman–Crippen LogP) is 5.77. The van der Waals surface area contributed by atoms with Gasteiger partial charge in [-0.2, -0.15) is 5.10 Å². The van der Waals surface area contributed by atoms with Crippen LogP contribution in [0.3, 0.4) is 0 Å². The first-order chi connectivity index (χ1) is 13.6. The maximum Gasteiger partial charge on any atom is 0.161 e. The second-order valence-electron chi connectivity index (χ2n) is 6.83. The van der Waals surface area contributed by atoms with Crippen molar-refractivity contribution in [2.24, 2.45) is 11.0 Å². The van der Waals surface area contributed by atoms with Crippen molar-refractivity contribution in [3.8, 4) is 11.5 Å². The van der Waals surface area contributed by atoms with Gasteiger partial charge in [-0.3, -0.25) is 10.4 Å². The molecule has 0 saturated heterocycles. The maximum absolute atomic E-state index is 6.03. The molecule has 0 unspecified atom stereocenters. The van der Waals surface area contributed by atoms with E-state index in [1.54, 1.807) is 19.5 Å². The Morgan fingerprint density at radius 3 is 2.79 bits per heavy atom. The number of methoxy groups -OCH3 is 1. The van der Waals surface area contributed by atoms with Crippen molar-refractivity contribution in [2.45, 2.75) is 20.3 Å². The lowest BCUT2D eigenvalue weighted by Gasteiger charge is -2.12. The average Bonchev–Trinajstić information content (AvgIpc) is 2.68. The summed E-state index contributed by atoms with van der Waals surface area (Å²) >= 11 is 6.03. The standard InChI is InChI=1S/C22H24ClN3O2/c1-15(2)9-11-28-21-7-4-16(12-22(21)27-3)14-25-26-19-8-10-24-20-13-17(23)5-6-18(19)20/h4-8,10,12-15H,9,11H2,1-3H3,(H,24,26). The molecule has 6 heteroatoms. The molecular formula is C22H24ClN3O2. The van der Waals surface area contributed by atoms with Gasteiger partial charge in [0.25, 0.3) is 0 Å². The Labute approximate surface area is 170 Å². The fourth-order valence-electron chi connectivity index (χ4n) is 2.68. The topological polar surface area (TPSA) is 55.7 Å². The summed E-state index contributed by atoms with van der Waals surface area (Å²) in [5.41, 5.74) is 5.65. The van der Waals surface area contributed by atoms with Crippen molar-refractivity contribution in [3.63, 3.8) is 0 Å². The molecule has 0 aliphatic rings. The van der Waals surface area contributed by atoms with E-state index < -0.39 is 0 Å².